The molecule has 1 aromatic heterocycles. The van der Waals surface area contributed by atoms with Gasteiger partial charge in [0.2, 0.25) is 0 Å². The lowest BCUT2D eigenvalue weighted by Crippen LogP contribution is -2.34. The fourth-order valence-electron chi connectivity index (χ4n) is 4.74. The third kappa shape index (κ3) is 5.18. The summed E-state index contributed by atoms with van der Waals surface area (Å²) in [5, 5.41) is 0.267. The Morgan fingerprint density at radius 3 is 2.71 bits per heavy atom. The molecule has 2 heterocycles. The van der Waals surface area contributed by atoms with Crippen molar-refractivity contribution in [1.29, 1.82) is 0 Å². The summed E-state index contributed by atoms with van der Waals surface area (Å²) in [5.74, 6) is 1.53. The molecule has 176 valence electrons. The molecule has 0 bridgehead atoms. The van der Waals surface area contributed by atoms with Gasteiger partial charge in [0.1, 0.15) is 11.5 Å². The van der Waals surface area contributed by atoms with Crippen LogP contribution in [0.15, 0.2) is 42.5 Å². The Bertz CT molecular complexity index is 1190. The minimum Gasteiger partial charge on any atom is -0.371 e. The number of carbonyl (C=O) groups excluding carboxylic acids is 1. The van der Waals surface area contributed by atoms with Crippen LogP contribution in [-0.4, -0.2) is 28.9 Å². The quantitative estimate of drug-likeness (QED) is 0.256. The predicted octanol–water partition coefficient (Wildman–Crippen LogP) is 7.19. The lowest BCUT2D eigenvalue weighted by atomic mass is 9.97. The summed E-state index contributed by atoms with van der Waals surface area (Å²) in [7, 11) is 0. The van der Waals surface area contributed by atoms with E-state index < -0.39 is 0 Å². The fraction of sp³-hybridized carbons (Fsp3) is 0.393. The number of aryl methyl sites for hydroxylation is 1. The van der Waals surface area contributed by atoms with Gasteiger partial charge in [-0.25, -0.2) is 9.83 Å². The maximum atomic E-state index is 11.6. The van der Waals surface area contributed by atoms with Gasteiger partial charge in [0.05, 0.1) is 6.57 Å². The van der Waals surface area contributed by atoms with Crippen LogP contribution in [-0.2, 0) is 13.0 Å². The van der Waals surface area contributed by atoms with Gasteiger partial charge in [0, 0.05) is 31.7 Å². The van der Waals surface area contributed by atoms with Gasteiger partial charge in [-0.05, 0) is 54.0 Å². The van der Waals surface area contributed by atoms with Crippen LogP contribution in [0.1, 0.15) is 61.4 Å². The SMILES string of the molecule is [C-]#[N+]c1ccc(N2CCC[C@H](C)C2)cc1-c1ccc(Cn2c(CCCC)nc(Cl)c2C=O)cc1. The Morgan fingerprint density at radius 1 is 1.24 bits per heavy atom. The van der Waals surface area contributed by atoms with E-state index in [9.17, 15) is 4.79 Å². The van der Waals surface area contributed by atoms with Gasteiger partial charge in [0.25, 0.3) is 0 Å². The van der Waals surface area contributed by atoms with Crippen LogP contribution in [0.3, 0.4) is 0 Å². The van der Waals surface area contributed by atoms with Gasteiger partial charge in [-0.2, -0.15) is 0 Å². The molecule has 5 nitrogen and oxygen atoms in total. The van der Waals surface area contributed by atoms with Gasteiger partial charge in [-0.3, -0.25) is 4.79 Å². The van der Waals surface area contributed by atoms with Crippen molar-refractivity contribution in [2.45, 2.75) is 52.5 Å². The minimum atomic E-state index is 0.267. The fourth-order valence-corrected chi connectivity index (χ4v) is 4.99. The molecule has 34 heavy (non-hydrogen) atoms. The first-order valence-corrected chi connectivity index (χ1v) is 12.5. The number of nitrogens with zero attached hydrogens (tertiary/aromatic N) is 4. The normalized spacial score (nSPS) is 15.8. The van der Waals surface area contributed by atoms with Crippen LogP contribution >= 0.6 is 11.6 Å². The maximum absolute atomic E-state index is 11.6. The standard InChI is InChI=1S/C28H31ClN4O/c1-4-5-8-27-31-28(29)26(19-34)33(27)18-21-9-11-22(12-10-21)24-16-23(13-14-25(24)30-3)32-15-6-7-20(2)17-32/h9-14,16,19-20H,4-8,15,17-18H2,1-2H3/t20-/m0/s1. The second-order valence-corrected chi connectivity index (χ2v) is 9.57. The first-order valence-electron chi connectivity index (χ1n) is 12.1. The number of imidazole rings is 1. The van der Waals surface area contributed by atoms with Crippen molar-refractivity contribution >= 4 is 29.3 Å². The molecule has 0 saturated carbocycles. The Morgan fingerprint density at radius 2 is 2.03 bits per heavy atom. The van der Waals surface area contributed by atoms with Crippen LogP contribution < -0.4 is 4.90 Å². The molecule has 6 heteroatoms. The first-order chi connectivity index (χ1) is 16.5. The summed E-state index contributed by atoms with van der Waals surface area (Å²) in [6.45, 7) is 14.7. The average molecular weight is 475 g/mol. The van der Waals surface area contributed by atoms with Crippen molar-refractivity contribution in [3.8, 4) is 11.1 Å². The van der Waals surface area contributed by atoms with Gasteiger partial charge in [0.15, 0.2) is 17.1 Å². The molecule has 1 atom stereocenters. The number of benzene rings is 2. The van der Waals surface area contributed by atoms with Crippen molar-refractivity contribution in [3.05, 3.63) is 76.1 Å². The summed E-state index contributed by atoms with van der Waals surface area (Å²) in [6, 6.07) is 14.4. The van der Waals surface area contributed by atoms with Crippen molar-refractivity contribution in [2.24, 2.45) is 5.92 Å². The maximum Gasteiger partial charge on any atom is 0.195 e. The number of carbonyl (C=O) groups is 1. The van der Waals surface area contributed by atoms with Gasteiger partial charge in [-0.1, -0.05) is 62.2 Å². The second kappa shape index (κ2) is 10.9. The lowest BCUT2D eigenvalue weighted by Gasteiger charge is -2.33. The average Bonchev–Trinajstić information content (AvgIpc) is 3.16. The largest absolute Gasteiger partial charge is 0.371 e. The van der Waals surface area contributed by atoms with Gasteiger partial charge in [-0.15, -0.1) is 0 Å². The van der Waals surface area contributed by atoms with Gasteiger partial charge < -0.3 is 9.47 Å². The van der Waals surface area contributed by atoms with Gasteiger partial charge >= 0.3 is 0 Å². The molecule has 4 rings (SSSR count). The van der Waals surface area contributed by atoms with Crippen LogP contribution in [0.25, 0.3) is 16.0 Å². The molecule has 1 aliphatic heterocycles. The molecule has 3 aromatic rings. The van der Waals surface area contributed by atoms with Crippen LogP contribution in [0.5, 0.6) is 0 Å². The lowest BCUT2D eigenvalue weighted by molar-refractivity contribution is 0.111. The van der Waals surface area contributed by atoms with E-state index in [0.717, 1.165) is 61.2 Å². The molecular formula is C28H31ClN4O. The number of rotatable bonds is 8. The summed E-state index contributed by atoms with van der Waals surface area (Å²) < 4.78 is 1.92. The molecule has 1 aliphatic rings. The summed E-state index contributed by atoms with van der Waals surface area (Å²) in [6.07, 6.45) is 6.10. The first kappa shape index (κ1) is 24.0. The Hall–Kier alpha value is -3.10. The Balaban J connectivity index is 1.61. The van der Waals surface area contributed by atoms with Crippen LogP contribution in [0.4, 0.5) is 11.4 Å². The van der Waals surface area contributed by atoms with E-state index in [-0.39, 0.29) is 5.15 Å². The third-order valence-electron chi connectivity index (χ3n) is 6.63. The zero-order valence-electron chi connectivity index (χ0n) is 19.9. The number of anilines is 1. The molecule has 1 saturated heterocycles. The number of halogens is 1. The summed E-state index contributed by atoms with van der Waals surface area (Å²) in [4.78, 5) is 22.3. The van der Waals surface area contributed by atoms with E-state index in [0.29, 0.717) is 23.8 Å². The highest BCUT2D eigenvalue weighted by molar-refractivity contribution is 6.31. The minimum absolute atomic E-state index is 0.267. The smallest absolute Gasteiger partial charge is 0.195 e. The number of piperidine rings is 1. The van der Waals surface area contributed by atoms with E-state index in [4.69, 9.17) is 18.2 Å². The Kier molecular flexibility index (Phi) is 7.70. The molecule has 0 unspecified atom stereocenters. The predicted molar refractivity (Wildman–Crippen MR) is 139 cm³/mol. The highest BCUT2D eigenvalue weighted by Crippen LogP contribution is 2.35. The molecule has 0 aliphatic carbocycles. The zero-order chi connectivity index (χ0) is 24.1. The van der Waals surface area contributed by atoms with E-state index in [2.05, 4.69) is 65.0 Å². The Labute approximate surface area is 207 Å². The molecule has 1 fully saturated rings. The monoisotopic (exact) mass is 474 g/mol. The van der Waals surface area contributed by atoms with Crippen LogP contribution in [0.2, 0.25) is 5.15 Å². The molecule has 0 N–H and O–H groups in total. The van der Waals surface area contributed by atoms with Crippen molar-refractivity contribution in [3.63, 3.8) is 0 Å². The van der Waals surface area contributed by atoms with Crippen molar-refractivity contribution in [1.82, 2.24) is 9.55 Å². The summed E-state index contributed by atoms with van der Waals surface area (Å²) in [5.41, 5.74) is 5.31. The van der Waals surface area contributed by atoms with Crippen molar-refractivity contribution in [2.75, 3.05) is 18.0 Å². The highest BCUT2D eigenvalue weighted by Gasteiger charge is 2.19. The zero-order valence-corrected chi connectivity index (χ0v) is 20.7. The summed E-state index contributed by atoms with van der Waals surface area (Å²) >= 11 is 6.23. The van der Waals surface area contributed by atoms with Crippen molar-refractivity contribution < 1.29 is 4.79 Å². The molecule has 0 amide bonds. The van der Waals surface area contributed by atoms with Crippen LogP contribution in [0, 0.1) is 12.5 Å². The molecule has 0 radical (unpaired) electrons. The molecule has 0 spiro atoms. The van der Waals surface area contributed by atoms with E-state index in [1.165, 1.54) is 18.5 Å². The number of aldehydes is 1. The second-order valence-electron chi connectivity index (χ2n) is 9.22. The van der Waals surface area contributed by atoms with E-state index >= 15 is 0 Å². The number of hydrogen-bond donors (Lipinski definition) is 0. The van der Waals surface area contributed by atoms with E-state index in [1.54, 1.807) is 0 Å². The highest BCUT2D eigenvalue weighted by atomic mass is 35.5. The number of hydrogen-bond acceptors (Lipinski definition) is 3. The third-order valence-corrected chi connectivity index (χ3v) is 6.91. The number of aromatic nitrogens is 2. The molecule has 2 aromatic carbocycles. The molecular weight excluding hydrogens is 444 g/mol. The van der Waals surface area contributed by atoms with E-state index in [1.807, 2.05) is 10.6 Å². The topological polar surface area (TPSA) is 42.5 Å². The number of unbranched alkanes of at least 4 members (excludes halogenated alkanes) is 1.